The maximum absolute atomic E-state index is 10.9. The third kappa shape index (κ3) is 3.59. The number of ether oxygens (including phenoxy) is 1. The second-order valence-corrected chi connectivity index (χ2v) is 3.91. The third-order valence-electron chi connectivity index (χ3n) is 2.39. The molecule has 0 fully saturated rings. The zero-order chi connectivity index (χ0) is 12.8. The van der Waals surface area contributed by atoms with Gasteiger partial charge in [-0.2, -0.15) is 0 Å². The van der Waals surface area contributed by atoms with Crippen LogP contribution in [0.5, 0.6) is 5.75 Å². The van der Waals surface area contributed by atoms with Gasteiger partial charge in [0.25, 0.3) is 0 Å². The van der Waals surface area contributed by atoms with Gasteiger partial charge in [0.15, 0.2) is 0 Å². The van der Waals surface area contributed by atoms with Gasteiger partial charge in [-0.25, -0.2) is 0 Å². The molecule has 2 heteroatoms. The van der Waals surface area contributed by atoms with Crippen molar-refractivity contribution in [2.45, 2.75) is 6.92 Å². The first-order valence-corrected chi connectivity index (χ1v) is 5.76. The highest BCUT2D eigenvalue weighted by molar-refractivity contribution is 5.72. The van der Waals surface area contributed by atoms with Gasteiger partial charge in [0.2, 0.25) is 0 Å². The van der Waals surface area contributed by atoms with E-state index < -0.39 is 0 Å². The van der Waals surface area contributed by atoms with Gasteiger partial charge in [0.05, 0.1) is 0 Å². The Balaban J connectivity index is 2.14. The molecule has 0 spiro atoms. The first-order chi connectivity index (χ1) is 8.74. The number of carbonyl (C=O) groups is 1. The normalized spacial score (nSPS) is 10.5. The Hall–Kier alpha value is -2.35. The summed E-state index contributed by atoms with van der Waals surface area (Å²) in [6.07, 6.45) is 4.01. The summed E-state index contributed by atoms with van der Waals surface area (Å²) in [4.78, 5) is 10.9. The van der Waals surface area contributed by atoms with Gasteiger partial charge >= 0.3 is 5.97 Å². The summed E-state index contributed by atoms with van der Waals surface area (Å²) in [7, 11) is 0. The van der Waals surface area contributed by atoms with Crippen LogP contribution >= 0.6 is 0 Å². The molecule has 0 saturated heterocycles. The molecule has 18 heavy (non-hydrogen) atoms. The van der Waals surface area contributed by atoms with Crippen LogP contribution in [0, 0.1) is 0 Å². The molecular formula is C16H14O2. The molecule has 2 aromatic carbocycles. The van der Waals surface area contributed by atoms with Gasteiger partial charge in [0.1, 0.15) is 5.75 Å². The summed E-state index contributed by atoms with van der Waals surface area (Å²) in [6, 6.07) is 17.5. The highest BCUT2D eigenvalue weighted by Crippen LogP contribution is 2.15. The third-order valence-corrected chi connectivity index (χ3v) is 2.39. The molecule has 2 nitrogen and oxygen atoms in total. The van der Waals surface area contributed by atoms with Crippen molar-refractivity contribution in [1.82, 2.24) is 0 Å². The Bertz CT molecular complexity index is 556. The summed E-state index contributed by atoms with van der Waals surface area (Å²) in [5.74, 6) is 0.261. The molecule has 0 aliphatic rings. The van der Waals surface area contributed by atoms with Gasteiger partial charge < -0.3 is 4.74 Å². The van der Waals surface area contributed by atoms with Crippen molar-refractivity contribution in [2.75, 3.05) is 0 Å². The van der Waals surface area contributed by atoms with Crippen LogP contribution in [0.3, 0.4) is 0 Å². The Kier molecular flexibility index (Phi) is 3.92. The topological polar surface area (TPSA) is 26.3 Å². The number of benzene rings is 2. The van der Waals surface area contributed by atoms with Crippen molar-refractivity contribution in [1.29, 1.82) is 0 Å². The minimum atomic E-state index is -0.306. The second kappa shape index (κ2) is 5.82. The van der Waals surface area contributed by atoms with Crippen LogP contribution in [0.25, 0.3) is 12.2 Å². The van der Waals surface area contributed by atoms with Crippen molar-refractivity contribution >= 4 is 18.1 Å². The number of hydrogen-bond donors (Lipinski definition) is 0. The number of carbonyl (C=O) groups excluding carboxylic acids is 1. The first-order valence-electron chi connectivity index (χ1n) is 5.76. The molecule has 0 heterocycles. The van der Waals surface area contributed by atoms with Crippen molar-refractivity contribution in [3.8, 4) is 5.75 Å². The lowest BCUT2D eigenvalue weighted by Crippen LogP contribution is -2.00. The smallest absolute Gasteiger partial charge is 0.308 e. The maximum atomic E-state index is 10.9. The summed E-state index contributed by atoms with van der Waals surface area (Å²) in [6.45, 7) is 1.40. The molecule has 0 bridgehead atoms. The van der Waals surface area contributed by atoms with Crippen molar-refractivity contribution in [2.24, 2.45) is 0 Å². The van der Waals surface area contributed by atoms with Crippen LogP contribution in [0.1, 0.15) is 18.1 Å². The van der Waals surface area contributed by atoms with E-state index >= 15 is 0 Å². The van der Waals surface area contributed by atoms with Crippen molar-refractivity contribution in [3.63, 3.8) is 0 Å². The van der Waals surface area contributed by atoms with Crippen LogP contribution in [-0.4, -0.2) is 5.97 Å². The van der Waals surface area contributed by atoms with E-state index in [0.29, 0.717) is 5.75 Å². The van der Waals surface area contributed by atoms with E-state index in [9.17, 15) is 4.79 Å². The van der Waals surface area contributed by atoms with E-state index in [-0.39, 0.29) is 5.97 Å². The predicted octanol–water partition coefficient (Wildman–Crippen LogP) is 3.78. The SMILES string of the molecule is CC(=O)Oc1cccc(/C=C/c2ccccc2)c1. The monoisotopic (exact) mass is 238 g/mol. The Labute approximate surface area is 107 Å². The van der Waals surface area contributed by atoms with E-state index in [0.717, 1.165) is 11.1 Å². The zero-order valence-corrected chi connectivity index (χ0v) is 10.2. The van der Waals surface area contributed by atoms with Crippen LogP contribution in [0.4, 0.5) is 0 Å². The molecule has 2 rings (SSSR count). The van der Waals surface area contributed by atoms with Crippen LogP contribution < -0.4 is 4.74 Å². The fraction of sp³-hybridized carbons (Fsp3) is 0.0625. The maximum Gasteiger partial charge on any atom is 0.308 e. The largest absolute Gasteiger partial charge is 0.427 e. The van der Waals surface area contributed by atoms with E-state index in [1.54, 1.807) is 6.07 Å². The van der Waals surface area contributed by atoms with Crippen LogP contribution in [0.15, 0.2) is 54.6 Å². The minimum Gasteiger partial charge on any atom is -0.427 e. The molecule has 0 aliphatic heterocycles. The van der Waals surface area contributed by atoms with Crippen LogP contribution in [0.2, 0.25) is 0 Å². The summed E-state index contributed by atoms with van der Waals surface area (Å²) in [5, 5.41) is 0. The first kappa shape index (κ1) is 12.1. The van der Waals surface area contributed by atoms with Gasteiger partial charge in [-0.3, -0.25) is 4.79 Å². The summed E-state index contributed by atoms with van der Waals surface area (Å²) in [5.41, 5.74) is 2.13. The molecule has 0 saturated carbocycles. The molecule has 0 aromatic heterocycles. The molecule has 0 N–H and O–H groups in total. The fourth-order valence-electron chi connectivity index (χ4n) is 1.60. The lowest BCUT2D eigenvalue weighted by Gasteiger charge is -2.01. The molecular weight excluding hydrogens is 224 g/mol. The molecule has 0 radical (unpaired) electrons. The van der Waals surface area contributed by atoms with Gasteiger partial charge in [-0.15, -0.1) is 0 Å². The van der Waals surface area contributed by atoms with Crippen LogP contribution in [-0.2, 0) is 4.79 Å². The Morgan fingerprint density at radius 1 is 0.944 bits per heavy atom. The van der Waals surface area contributed by atoms with Crippen molar-refractivity contribution in [3.05, 3.63) is 65.7 Å². The van der Waals surface area contributed by atoms with Gasteiger partial charge in [0, 0.05) is 6.92 Å². The fourth-order valence-corrected chi connectivity index (χ4v) is 1.60. The zero-order valence-electron chi connectivity index (χ0n) is 10.2. The second-order valence-electron chi connectivity index (χ2n) is 3.91. The average Bonchev–Trinajstić information content (AvgIpc) is 2.37. The Morgan fingerprint density at radius 3 is 2.33 bits per heavy atom. The van der Waals surface area contributed by atoms with Gasteiger partial charge in [-0.1, -0.05) is 54.6 Å². The highest BCUT2D eigenvalue weighted by atomic mass is 16.5. The number of esters is 1. The standard InChI is InChI=1S/C16H14O2/c1-13(17)18-16-9-5-8-15(12-16)11-10-14-6-3-2-4-7-14/h2-12H,1H3/b11-10+. The summed E-state index contributed by atoms with van der Waals surface area (Å²) >= 11 is 0. The van der Waals surface area contributed by atoms with E-state index in [1.165, 1.54) is 6.92 Å². The minimum absolute atomic E-state index is 0.306. The average molecular weight is 238 g/mol. The van der Waals surface area contributed by atoms with E-state index in [2.05, 4.69) is 0 Å². The molecule has 2 aromatic rings. The quantitative estimate of drug-likeness (QED) is 0.462. The summed E-state index contributed by atoms with van der Waals surface area (Å²) < 4.78 is 5.03. The van der Waals surface area contributed by atoms with Crippen molar-refractivity contribution < 1.29 is 9.53 Å². The molecule has 0 unspecified atom stereocenters. The lowest BCUT2D eigenvalue weighted by molar-refractivity contribution is -0.131. The highest BCUT2D eigenvalue weighted by Gasteiger charge is 1.97. The number of hydrogen-bond acceptors (Lipinski definition) is 2. The molecule has 90 valence electrons. The molecule has 0 aliphatic carbocycles. The molecule has 0 amide bonds. The molecule has 0 atom stereocenters. The predicted molar refractivity (Wildman–Crippen MR) is 73.1 cm³/mol. The van der Waals surface area contributed by atoms with E-state index in [4.69, 9.17) is 4.74 Å². The Morgan fingerprint density at radius 2 is 1.61 bits per heavy atom. The lowest BCUT2D eigenvalue weighted by atomic mass is 10.1. The van der Waals surface area contributed by atoms with Gasteiger partial charge in [-0.05, 0) is 23.3 Å². The van der Waals surface area contributed by atoms with E-state index in [1.807, 2.05) is 60.7 Å². The number of rotatable bonds is 3.